The van der Waals surface area contributed by atoms with Crippen LogP contribution < -0.4 is 4.43 Å². The van der Waals surface area contributed by atoms with Gasteiger partial charge in [0.25, 0.3) is 0 Å². The maximum absolute atomic E-state index is 10.8. The summed E-state index contributed by atoms with van der Waals surface area (Å²) in [6.45, 7) is 14.4. The largest absolute Gasteiger partial charge is 0.544 e. The van der Waals surface area contributed by atoms with E-state index in [1.807, 2.05) is 31.2 Å². The first-order valence-corrected chi connectivity index (χ1v) is 11.0. The first kappa shape index (κ1) is 19.7. The van der Waals surface area contributed by atoms with Crippen LogP contribution in [-0.4, -0.2) is 26.0 Å². The molecule has 5 heteroatoms. The van der Waals surface area contributed by atoms with E-state index >= 15 is 0 Å². The molecule has 0 aliphatic carbocycles. The van der Waals surface area contributed by atoms with Gasteiger partial charge < -0.3 is 14.3 Å². The van der Waals surface area contributed by atoms with Crippen molar-refractivity contribution in [2.45, 2.75) is 58.9 Å². The minimum atomic E-state index is -1.86. The Balaban J connectivity index is 2.74. The molecule has 0 aliphatic heterocycles. The molecule has 0 saturated carbocycles. The van der Waals surface area contributed by atoms with Gasteiger partial charge >= 0.3 is 5.97 Å². The van der Waals surface area contributed by atoms with E-state index in [-0.39, 0.29) is 23.5 Å². The van der Waals surface area contributed by atoms with E-state index in [1.54, 1.807) is 0 Å². The van der Waals surface area contributed by atoms with Crippen molar-refractivity contribution >= 4 is 14.3 Å². The molecule has 0 saturated heterocycles. The third-order valence-corrected chi connectivity index (χ3v) is 8.85. The number of hydrogen-bond acceptors (Lipinski definition) is 4. The van der Waals surface area contributed by atoms with Crippen LogP contribution in [0.4, 0.5) is 0 Å². The van der Waals surface area contributed by atoms with Gasteiger partial charge in [0, 0.05) is 12.8 Å². The quantitative estimate of drug-likeness (QED) is 0.620. The van der Waals surface area contributed by atoms with Crippen LogP contribution >= 0.6 is 0 Å². The molecule has 1 N–H and O–H groups in total. The Bertz CT molecular complexity index is 517. The summed E-state index contributed by atoms with van der Waals surface area (Å²) in [4.78, 5) is 10.8. The monoisotopic (exact) mass is 338 g/mol. The summed E-state index contributed by atoms with van der Waals surface area (Å²) in [5.41, 5.74) is 0.798. The molecule has 0 spiro atoms. The first-order chi connectivity index (χ1) is 10.4. The molecule has 0 aliphatic rings. The molecule has 23 heavy (non-hydrogen) atoms. The zero-order valence-corrected chi connectivity index (χ0v) is 16.3. The zero-order valence-electron chi connectivity index (χ0n) is 15.3. The summed E-state index contributed by atoms with van der Waals surface area (Å²) in [6.07, 6.45) is -0.670. The Kier molecular flexibility index (Phi) is 6.42. The van der Waals surface area contributed by atoms with Crippen molar-refractivity contribution < 1.29 is 19.1 Å². The third kappa shape index (κ3) is 5.66. The van der Waals surface area contributed by atoms with Crippen molar-refractivity contribution in [3.63, 3.8) is 0 Å². The second-order valence-electron chi connectivity index (χ2n) is 7.66. The molecule has 1 aromatic carbocycles. The van der Waals surface area contributed by atoms with Crippen LogP contribution in [0.1, 0.15) is 46.3 Å². The van der Waals surface area contributed by atoms with Crippen LogP contribution in [0.2, 0.25) is 18.1 Å². The number of hydrogen-bond donors (Lipinski definition) is 1. The van der Waals surface area contributed by atoms with Gasteiger partial charge in [-0.15, -0.1) is 0 Å². The average molecular weight is 339 g/mol. The maximum atomic E-state index is 10.8. The van der Waals surface area contributed by atoms with E-state index in [9.17, 15) is 9.90 Å². The van der Waals surface area contributed by atoms with Crippen molar-refractivity contribution in [1.29, 1.82) is 0 Å². The highest BCUT2D eigenvalue weighted by atomic mass is 28.4. The molecule has 2 atom stereocenters. The molecule has 0 aromatic heterocycles. The van der Waals surface area contributed by atoms with Crippen LogP contribution in [-0.2, 0) is 9.53 Å². The van der Waals surface area contributed by atoms with E-state index < -0.39 is 14.4 Å². The predicted octanol–water partition coefficient (Wildman–Crippen LogP) is 4.30. The lowest BCUT2D eigenvalue weighted by Crippen LogP contribution is -2.43. The van der Waals surface area contributed by atoms with Crippen LogP contribution in [0.15, 0.2) is 24.3 Å². The van der Waals surface area contributed by atoms with Crippen molar-refractivity contribution in [2.75, 3.05) is 6.61 Å². The Hall–Kier alpha value is -1.33. The third-order valence-electron chi connectivity index (χ3n) is 4.49. The fraction of sp³-hybridized carbons (Fsp3) is 0.611. The minimum absolute atomic E-state index is 0.143. The standard InChI is InChI=1S/C18H30O4Si/c1-13(12-21-14(2)19)17(20)15-8-10-16(11-9-15)22-23(6,7)18(3,4)5/h8-11,13,17,20H,12H2,1-7H3/t13-,17-/m0/s1. The molecule has 1 aromatic rings. The number of benzene rings is 1. The molecule has 0 unspecified atom stereocenters. The summed E-state index contributed by atoms with van der Waals surface area (Å²) in [7, 11) is -1.86. The number of aliphatic hydroxyl groups excluding tert-OH is 1. The highest BCUT2D eigenvalue weighted by molar-refractivity contribution is 6.74. The molecule has 0 heterocycles. The summed E-state index contributed by atoms with van der Waals surface area (Å²) < 4.78 is 11.2. The molecule has 0 fully saturated rings. The van der Waals surface area contributed by atoms with E-state index in [4.69, 9.17) is 9.16 Å². The second-order valence-corrected chi connectivity index (χ2v) is 12.4. The molecule has 0 radical (unpaired) electrons. The number of aliphatic hydroxyl groups is 1. The smallest absolute Gasteiger partial charge is 0.302 e. The lowest BCUT2D eigenvalue weighted by Gasteiger charge is -2.36. The molecule has 1 rings (SSSR count). The van der Waals surface area contributed by atoms with Gasteiger partial charge in [0.15, 0.2) is 0 Å². The topological polar surface area (TPSA) is 55.8 Å². The average Bonchev–Trinajstić information content (AvgIpc) is 2.43. The van der Waals surface area contributed by atoms with Crippen LogP contribution in [0.25, 0.3) is 0 Å². The van der Waals surface area contributed by atoms with E-state index in [2.05, 4.69) is 33.9 Å². The van der Waals surface area contributed by atoms with Gasteiger partial charge in [-0.2, -0.15) is 0 Å². The van der Waals surface area contributed by atoms with Crippen molar-refractivity contribution in [2.24, 2.45) is 5.92 Å². The van der Waals surface area contributed by atoms with Crippen LogP contribution in [0, 0.1) is 5.92 Å². The Morgan fingerprint density at radius 2 is 1.74 bits per heavy atom. The van der Waals surface area contributed by atoms with Gasteiger partial charge in [0.05, 0.1) is 12.7 Å². The Labute approximate surface area is 140 Å². The van der Waals surface area contributed by atoms with E-state index in [0.717, 1.165) is 11.3 Å². The fourth-order valence-corrected chi connectivity index (χ4v) is 2.88. The highest BCUT2D eigenvalue weighted by Crippen LogP contribution is 2.37. The summed E-state index contributed by atoms with van der Waals surface area (Å²) >= 11 is 0. The van der Waals surface area contributed by atoms with Crippen LogP contribution in [0.5, 0.6) is 5.75 Å². The van der Waals surface area contributed by atoms with Gasteiger partial charge in [0.1, 0.15) is 5.75 Å². The second kappa shape index (κ2) is 7.49. The lowest BCUT2D eigenvalue weighted by atomic mass is 9.98. The number of rotatable bonds is 6. The normalized spacial score (nSPS) is 15.0. The Morgan fingerprint density at radius 1 is 1.22 bits per heavy atom. The molecule has 0 amide bonds. The van der Waals surface area contributed by atoms with E-state index in [0.29, 0.717) is 0 Å². The molecule has 4 nitrogen and oxygen atoms in total. The zero-order chi connectivity index (χ0) is 17.8. The first-order valence-electron chi connectivity index (χ1n) is 8.04. The predicted molar refractivity (Wildman–Crippen MR) is 95.0 cm³/mol. The fourth-order valence-electron chi connectivity index (χ4n) is 1.85. The van der Waals surface area contributed by atoms with E-state index in [1.165, 1.54) is 6.92 Å². The van der Waals surface area contributed by atoms with Gasteiger partial charge in [-0.1, -0.05) is 39.8 Å². The minimum Gasteiger partial charge on any atom is -0.544 e. The lowest BCUT2D eigenvalue weighted by molar-refractivity contribution is -0.143. The number of ether oxygens (including phenoxy) is 1. The van der Waals surface area contributed by atoms with Gasteiger partial charge in [0.2, 0.25) is 8.32 Å². The molecular weight excluding hydrogens is 308 g/mol. The molecule has 0 bridgehead atoms. The number of carbonyl (C=O) groups is 1. The summed E-state index contributed by atoms with van der Waals surface area (Å²) in [5.74, 6) is 0.341. The SMILES string of the molecule is CC(=O)OC[C@H](C)[C@H](O)c1ccc(O[Si](C)(C)C(C)(C)C)cc1. The molecule has 130 valence electrons. The van der Waals surface area contributed by atoms with Gasteiger partial charge in [-0.05, 0) is 35.8 Å². The Morgan fingerprint density at radius 3 is 2.17 bits per heavy atom. The maximum Gasteiger partial charge on any atom is 0.302 e. The van der Waals surface area contributed by atoms with Crippen molar-refractivity contribution in [3.8, 4) is 5.75 Å². The van der Waals surface area contributed by atoms with Gasteiger partial charge in [-0.3, -0.25) is 4.79 Å². The number of esters is 1. The van der Waals surface area contributed by atoms with Crippen LogP contribution in [0.3, 0.4) is 0 Å². The highest BCUT2D eigenvalue weighted by Gasteiger charge is 2.38. The summed E-state index contributed by atoms with van der Waals surface area (Å²) in [6, 6.07) is 7.55. The van der Waals surface area contributed by atoms with Crippen molar-refractivity contribution in [3.05, 3.63) is 29.8 Å². The summed E-state index contributed by atoms with van der Waals surface area (Å²) in [5, 5.41) is 10.5. The number of carbonyl (C=O) groups excluding carboxylic acids is 1. The van der Waals surface area contributed by atoms with Crippen molar-refractivity contribution in [1.82, 2.24) is 0 Å². The van der Waals surface area contributed by atoms with Gasteiger partial charge in [-0.25, -0.2) is 0 Å². The molecular formula is C18H30O4Si.